The van der Waals surface area contributed by atoms with Gasteiger partial charge in [-0.1, -0.05) is 13.8 Å². The number of amides is 1. The summed E-state index contributed by atoms with van der Waals surface area (Å²) in [5.41, 5.74) is 1.59. The molecule has 2 heterocycles. The van der Waals surface area contributed by atoms with Crippen molar-refractivity contribution in [2.45, 2.75) is 27.7 Å². The molecule has 0 saturated carbocycles. The summed E-state index contributed by atoms with van der Waals surface area (Å²) in [5, 5.41) is 6.70. The summed E-state index contributed by atoms with van der Waals surface area (Å²) in [5.74, 6) is -0.554. The summed E-state index contributed by atoms with van der Waals surface area (Å²) in [6, 6.07) is 1.83. The Hall–Kier alpha value is -2.51. The van der Waals surface area contributed by atoms with E-state index in [9.17, 15) is 9.59 Å². The molecular weight excluding hydrogens is 286 g/mol. The summed E-state index contributed by atoms with van der Waals surface area (Å²) >= 11 is 0. The highest BCUT2D eigenvalue weighted by Gasteiger charge is 2.17. The van der Waals surface area contributed by atoms with Crippen LogP contribution in [0, 0.1) is 19.8 Å². The lowest BCUT2D eigenvalue weighted by Gasteiger charge is -2.07. The summed E-state index contributed by atoms with van der Waals surface area (Å²) < 4.78 is 6.37. The van der Waals surface area contributed by atoms with E-state index in [1.807, 2.05) is 33.8 Å². The van der Waals surface area contributed by atoms with Gasteiger partial charge in [0.25, 0.3) is 17.5 Å². The maximum absolute atomic E-state index is 11.9. The van der Waals surface area contributed by atoms with Gasteiger partial charge in [0, 0.05) is 17.9 Å². The third kappa shape index (κ3) is 3.78. The van der Waals surface area contributed by atoms with Gasteiger partial charge < -0.3 is 10.1 Å². The summed E-state index contributed by atoms with van der Waals surface area (Å²) in [6.45, 7) is 7.80. The van der Waals surface area contributed by atoms with Gasteiger partial charge in [0.15, 0.2) is 6.61 Å². The van der Waals surface area contributed by atoms with E-state index in [2.05, 4.69) is 20.4 Å². The standard InChI is InChI=1S/C14H19N5O3/c1-8(2)6-15-11(20)7-22-13(21)12-17-14-16-9(3)5-10(4)19(14)18-12/h5,8H,6-7H2,1-4H3,(H,15,20). The molecule has 0 fully saturated rings. The predicted molar refractivity (Wildman–Crippen MR) is 78.4 cm³/mol. The number of hydrogen-bond donors (Lipinski definition) is 1. The Morgan fingerprint density at radius 3 is 2.73 bits per heavy atom. The summed E-state index contributed by atoms with van der Waals surface area (Å²) in [7, 11) is 0. The Morgan fingerprint density at radius 2 is 2.05 bits per heavy atom. The fourth-order valence-corrected chi connectivity index (χ4v) is 1.82. The molecule has 0 aliphatic carbocycles. The fraction of sp³-hybridized carbons (Fsp3) is 0.500. The zero-order chi connectivity index (χ0) is 16.3. The van der Waals surface area contributed by atoms with Crippen LogP contribution in [0.1, 0.15) is 35.9 Å². The average Bonchev–Trinajstić information content (AvgIpc) is 2.86. The molecule has 0 unspecified atom stereocenters. The number of carbonyl (C=O) groups is 2. The quantitative estimate of drug-likeness (QED) is 0.815. The van der Waals surface area contributed by atoms with E-state index in [0.717, 1.165) is 11.4 Å². The van der Waals surface area contributed by atoms with Gasteiger partial charge in [0.1, 0.15) is 0 Å². The molecule has 0 spiro atoms. The van der Waals surface area contributed by atoms with Crippen LogP contribution < -0.4 is 5.32 Å². The Morgan fingerprint density at radius 1 is 1.32 bits per heavy atom. The van der Waals surface area contributed by atoms with E-state index < -0.39 is 5.97 Å². The lowest BCUT2D eigenvalue weighted by molar-refractivity contribution is -0.124. The van der Waals surface area contributed by atoms with Crippen molar-refractivity contribution in [1.29, 1.82) is 0 Å². The van der Waals surface area contributed by atoms with Crippen molar-refractivity contribution in [3.63, 3.8) is 0 Å². The smallest absolute Gasteiger partial charge is 0.378 e. The number of ether oxygens (including phenoxy) is 1. The minimum atomic E-state index is -0.748. The predicted octanol–water partition coefficient (Wildman–Crippen LogP) is 0.670. The first-order chi connectivity index (χ1) is 10.4. The Labute approximate surface area is 127 Å². The molecule has 22 heavy (non-hydrogen) atoms. The van der Waals surface area contributed by atoms with Crippen LogP contribution in [0.3, 0.4) is 0 Å². The van der Waals surface area contributed by atoms with Crippen LogP contribution >= 0.6 is 0 Å². The first kappa shape index (κ1) is 15.9. The highest BCUT2D eigenvalue weighted by Crippen LogP contribution is 2.06. The molecule has 1 N–H and O–H groups in total. The van der Waals surface area contributed by atoms with E-state index in [-0.39, 0.29) is 18.3 Å². The van der Waals surface area contributed by atoms with Gasteiger partial charge in [-0.25, -0.2) is 14.3 Å². The third-order valence-electron chi connectivity index (χ3n) is 2.84. The molecule has 0 atom stereocenters. The maximum atomic E-state index is 11.9. The van der Waals surface area contributed by atoms with Crippen LogP contribution in [0.25, 0.3) is 5.78 Å². The second-order valence-electron chi connectivity index (χ2n) is 5.46. The molecule has 0 aliphatic rings. The SMILES string of the molecule is Cc1cc(C)n2nc(C(=O)OCC(=O)NCC(C)C)nc2n1. The molecule has 8 nitrogen and oxygen atoms in total. The summed E-state index contributed by atoms with van der Waals surface area (Å²) in [6.07, 6.45) is 0. The molecule has 0 aromatic carbocycles. The van der Waals surface area contributed by atoms with E-state index in [0.29, 0.717) is 18.2 Å². The number of aromatic nitrogens is 4. The highest BCUT2D eigenvalue weighted by molar-refractivity contribution is 5.88. The second kappa shape index (κ2) is 6.50. The summed E-state index contributed by atoms with van der Waals surface area (Å²) in [4.78, 5) is 31.6. The monoisotopic (exact) mass is 305 g/mol. The lowest BCUT2D eigenvalue weighted by Crippen LogP contribution is -2.31. The van der Waals surface area contributed by atoms with Crippen LogP contribution in [-0.2, 0) is 9.53 Å². The molecule has 1 amide bonds. The maximum Gasteiger partial charge on any atom is 0.378 e. The number of hydrogen-bond acceptors (Lipinski definition) is 6. The first-order valence-electron chi connectivity index (χ1n) is 7.01. The third-order valence-corrected chi connectivity index (χ3v) is 2.84. The zero-order valence-corrected chi connectivity index (χ0v) is 13.1. The Balaban J connectivity index is 2.01. The number of fused-ring (bicyclic) bond motifs is 1. The van der Waals surface area contributed by atoms with Gasteiger partial charge in [0.2, 0.25) is 0 Å². The molecule has 0 radical (unpaired) electrons. The van der Waals surface area contributed by atoms with Crippen LogP contribution in [0.15, 0.2) is 6.07 Å². The van der Waals surface area contributed by atoms with Gasteiger partial charge in [-0.05, 0) is 25.8 Å². The Kier molecular flexibility index (Phi) is 4.69. The molecule has 2 aromatic heterocycles. The topological polar surface area (TPSA) is 98.5 Å². The normalized spacial score (nSPS) is 11.0. The molecule has 2 aromatic rings. The fourth-order valence-electron chi connectivity index (χ4n) is 1.82. The molecule has 0 aliphatic heterocycles. The van der Waals surface area contributed by atoms with Gasteiger partial charge in [-0.15, -0.1) is 5.10 Å². The van der Waals surface area contributed by atoms with Crippen LogP contribution in [0.5, 0.6) is 0 Å². The molecule has 2 rings (SSSR count). The number of aryl methyl sites for hydroxylation is 2. The van der Waals surface area contributed by atoms with Crippen molar-refractivity contribution in [2.75, 3.05) is 13.2 Å². The highest BCUT2D eigenvalue weighted by atomic mass is 16.5. The van der Waals surface area contributed by atoms with Gasteiger partial charge in [0.05, 0.1) is 0 Å². The van der Waals surface area contributed by atoms with Gasteiger partial charge >= 0.3 is 5.97 Å². The first-order valence-corrected chi connectivity index (χ1v) is 7.01. The van der Waals surface area contributed by atoms with E-state index in [1.165, 1.54) is 4.52 Å². The van der Waals surface area contributed by atoms with E-state index >= 15 is 0 Å². The van der Waals surface area contributed by atoms with Crippen molar-refractivity contribution in [3.05, 3.63) is 23.3 Å². The molecule has 0 saturated heterocycles. The Bertz CT molecular complexity index is 708. The minimum Gasteiger partial charge on any atom is -0.450 e. The number of nitrogens with zero attached hydrogens (tertiary/aromatic N) is 4. The zero-order valence-electron chi connectivity index (χ0n) is 13.1. The number of carbonyl (C=O) groups excluding carboxylic acids is 2. The van der Waals surface area contributed by atoms with Crippen molar-refractivity contribution in [3.8, 4) is 0 Å². The second-order valence-corrected chi connectivity index (χ2v) is 5.46. The average molecular weight is 305 g/mol. The van der Waals surface area contributed by atoms with E-state index in [4.69, 9.17) is 4.74 Å². The van der Waals surface area contributed by atoms with Gasteiger partial charge in [-0.2, -0.15) is 4.98 Å². The molecular formula is C14H19N5O3. The lowest BCUT2D eigenvalue weighted by atomic mass is 10.2. The van der Waals surface area contributed by atoms with Crippen molar-refractivity contribution in [2.24, 2.45) is 5.92 Å². The van der Waals surface area contributed by atoms with Crippen LogP contribution in [-0.4, -0.2) is 44.6 Å². The van der Waals surface area contributed by atoms with Crippen LogP contribution in [0.4, 0.5) is 0 Å². The number of esters is 1. The van der Waals surface area contributed by atoms with Crippen molar-refractivity contribution >= 4 is 17.7 Å². The van der Waals surface area contributed by atoms with Gasteiger partial charge in [-0.3, -0.25) is 4.79 Å². The number of rotatable bonds is 5. The molecule has 0 bridgehead atoms. The largest absolute Gasteiger partial charge is 0.450 e. The van der Waals surface area contributed by atoms with Crippen molar-refractivity contribution < 1.29 is 14.3 Å². The van der Waals surface area contributed by atoms with Crippen molar-refractivity contribution in [1.82, 2.24) is 24.9 Å². The molecule has 8 heteroatoms. The molecule has 118 valence electrons. The minimum absolute atomic E-state index is 0.113. The van der Waals surface area contributed by atoms with Crippen LogP contribution in [0.2, 0.25) is 0 Å². The van der Waals surface area contributed by atoms with E-state index in [1.54, 1.807) is 0 Å². The number of nitrogens with one attached hydrogen (secondary N) is 1.